The molecule has 1 aliphatic heterocycles. The van der Waals surface area contributed by atoms with Crippen molar-refractivity contribution in [3.05, 3.63) is 12.7 Å². The van der Waals surface area contributed by atoms with Crippen molar-refractivity contribution in [2.75, 3.05) is 61.2 Å². The van der Waals surface area contributed by atoms with Crippen molar-refractivity contribution in [2.45, 2.75) is 139 Å². The van der Waals surface area contributed by atoms with Gasteiger partial charge >= 0.3 is 5.97 Å². The number of esters is 1. The molecule has 282 valence electrons. The summed E-state index contributed by atoms with van der Waals surface area (Å²) in [5.41, 5.74) is -2.16. The number of hydrogen-bond donors (Lipinski definition) is 1. The van der Waals surface area contributed by atoms with E-state index in [1.165, 1.54) is 20.8 Å². The summed E-state index contributed by atoms with van der Waals surface area (Å²) in [7, 11) is 7.77. The number of ketones is 1. The largest absolute Gasteiger partial charge is 0.462 e. The molecule has 1 rings (SSSR count). The molecule has 1 saturated heterocycles. The van der Waals surface area contributed by atoms with Crippen molar-refractivity contribution >= 4 is 11.8 Å². The Bertz CT molecular complexity index is 819. The van der Waals surface area contributed by atoms with Crippen molar-refractivity contribution in [1.82, 2.24) is 9.80 Å². The number of carbonyl (C=O) groups excluding carboxylic acids is 2. The minimum absolute atomic E-state index is 0.0264. The van der Waals surface area contributed by atoms with Gasteiger partial charge in [-0.15, -0.1) is 6.58 Å². The van der Waals surface area contributed by atoms with Gasteiger partial charge in [0.25, 0.3) is 0 Å². The van der Waals surface area contributed by atoms with Crippen molar-refractivity contribution in [1.29, 1.82) is 0 Å². The number of Topliss-reactive ketones (excluding diaryl/α,β-unsaturated/α-hetero) is 1. The third kappa shape index (κ3) is 20.0. The highest BCUT2D eigenvalue weighted by Gasteiger charge is 2.47. The monoisotopic (exact) mass is 677 g/mol. The van der Waals surface area contributed by atoms with Crippen LogP contribution in [0.25, 0.3) is 0 Å². The molecule has 0 spiro atoms. The molecule has 0 aromatic rings. The Morgan fingerprint density at radius 1 is 1.02 bits per heavy atom. The third-order valence-corrected chi connectivity index (χ3v) is 7.52. The molecule has 1 N–H and O–H groups in total. The number of likely N-dealkylation sites (N-methyl/N-ethyl adjacent to an activating group) is 1. The van der Waals surface area contributed by atoms with Crippen molar-refractivity contribution < 1.29 is 38.4 Å². The Hall–Kier alpha value is -1.40. The summed E-state index contributed by atoms with van der Waals surface area (Å²) in [6.45, 7) is 30.1. The molecule has 47 heavy (non-hydrogen) atoms. The third-order valence-electron chi connectivity index (χ3n) is 7.52. The Labute approximate surface area is 289 Å². The van der Waals surface area contributed by atoms with Gasteiger partial charge in [-0.2, -0.15) is 0 Å². The lowest BCUT2D eigenvalue weighted by atomic mass is 9.82. The van der Waals surface area contributed by atoms with E-state index in [0.717, 1.165) is 13.0 Å². The first-order chi connectivity index (χ1) is 21.9. The molecule has 5 unspecified atom stereocenters. The maximum atomic E-state index is 13.8. The number of aliphatic hydroxyl groups is 1. The number of nitrogens with zero attached hydrogens (tertiary/aromatic N) is 2. The predicted molar refractivity (Wildman–Crippen MR) is 194 cm³/mol. The second-order valence-corrected chi connectivity index (χ2v) is 13.0. The van der Waals surface area contributed by atoms with Crippen molar-refractivity contribution in [2.24, 2.45) is 17.8 Å². The molecule has 0 aromatic carbocycles. The van der Waals surface area contributed by atoms with E-state index < -0.39 is 41.4 Å². The minimum atomic E-state index is -1.20. The molecule has 0 radical (unpaired) electrons. The summed E-state index contributed by atoms with van der Waals surface area (Å²) in [6.07, 6.45) is 1.84. The van der Waals surface area contributed by atoms with Gasteiger partial charge in [0.2, 0.25) is 0 Å². The van der Waals surface area contributed by atoms with Gasteiger partial charge in [-0.1, -0.05) is 61.5 Å². The molecular weight excluding hydrogens is 600 g/mol. The zero-order valence-electron chi connectivity index (χ0n) is 33.5. The fourth-order valence-corrected chi connectivity index (χ4v) is 5.50. The van der Waals surface area contributed by atoms with E-state index in [4.69, 9.17) is 23.7 Å². The molecule has 8 atom stereocenters. The Morgan fingerprint density at radius 3 is 2.04 bits per heavy atom. The summed E-state index contributed by atoms with van der Waals surface area (Å²) < 4.78 is 29.9. The first-order valence-corrected chi connectivity index (χ1v) is 17.8. The fourth-order valence-electron chi connectivity index (χ4n) is 5.50. The highest BCUT2D eigenvalue weighted by Crippen LogP contribution is 2.33. The van der Waals surface area contributed by atoms with Crippen LogP contribution in [0.15, 0.2) is 12.7 Å². The van der Waals surface area contributed by atoms with Crippen LogP contribution in [0.1, 0.15) is 103 Å². The highest BCUT2D eigenvalue weighted by molar-refractivity contribution is 5.99. The van der Waals surface area contributed by atoms with E-state index in [-0.39, 0.29) is 37.1 Å². The molecule has 10 nitrogen and oxygen atoms in total. The SMILES string of the molecule is C=CCO[C@](C)(CN(C)CC(C)COC)[C@H](OC1CC(N(C)C)CC(C)O1)[C@@H](C)C(=O)C(C)C(=O)OCC(C)(C)O.CC.CC.CC. The summed E-state index contributed by atoms with van der Waals surface area (Å²) >= 11 is 0. The van der Waals surface area contributed by atoms with Crippen molar-refractivity contribution in [3.63, 3.8) is 0 Å². The quantitative estimate of drug-likeness (QED) is 0.0961. The van der Waals surface area contributed by atoms with E-state index >= 15 is 0 Å². The smallest absolute Gasteiger partial charge is 0.316 e. The summed E-state index contributed by atoms with van der Waals surface area (Å²) in [4.78, 5) is 30.9. The molecule has 0 amide bonds. The standard InChI is InChI=1S/C31H58N2O8.3C2H6/c1-13-14-39-31(8,19-33(11)17-21(2)18-37-12)28(41-26-16-25(32(9)10)15-22(3)40-26)23(4)27(34)24(5)29(35)38-20-30(6,7)36;3*1-2/h13,21-26,28,36H,1,14-20H2,2-12H3;3*1-2H3/t21?,22?,23-,24?,25?,26?,28+,31+;;;/m0.../s1. The lowest BCUT2D eigenvalue weighted by Crippen LogP contribution is -2.58. The zero-order valence-corrected chi connectivity index (χ0v) is 33.5. The van der Waals surface area contributed by atoms with Crippen LogP contribution in [-0.4, -0.2) is 124 Å². The molecular formula is C37H76N2O8. The first kappa shape index (κ1) is 50.0. The average Bonchev–Trinajstić information content (AvgIpc) is 3.02. The van der Waals surface area contributed by atoms with Gasteiger partial charge in [0.15, 0.2) is 12.1 Å². The fraction of sp³-hybridized carbons (Fsp3) is 0.892. The second-order valence-electron chi connectivity index (χ2n) is 13.0. The minimum Gasteiger partial charge on any atom is -0.462 e. The first-order valence-electron chi connectivity index (χ1n) is 17.8. The molecule has 1 aliphatic rings. The van der Waals surface area contributed by atoms with Gasteiger partial charge in [0.05, 0.1) is 18.3 Å². The summed E-state index contributed by atoms with van der Waals surface area (Å²) in [5, 5.41) is 9.98. The Balaban J connectivity index is -0.00000304. The number of ether oxygens (including phenoxy) is 5. The van der Waals surface area contributed by atoms with Crippen LogP contribution in [0.4, 0.5) is 0 Å². The highest BCUT2D eigenvalue weighted by atomic mass is 16.7. The van der Waals surface area contributed by atoms with Crippen molar-refractivity contribution in [3.8, 4) is 0 Å². The average molecular weight is 677 g/mol. The molecule has 0 saturated carbocycles. The van der Waals surface area contributed by atoms with Gasteiger partial charge in [-0.05, 0) is 68.1 Å². The lowest BCUT2D eigenvalue weighted by Gasteiger charge is -2.46. The maximum absolute atomic E-state index is 13.8. The predicted octanol–water partition coefficient (Wildman–Crippen LogP) is 6.24. The number of hydrogen-bond acceptors (Lipinski definition) is 10. The topological polar surface area (TPSA) is 107 Å². The zero-order chi connectivity index (χ0) is 37.5. The summed E-state index contributed by atoms with van der Waals surface area (Å²) in [6, 6.07) is 0.254. The van der Waals surface area contributed by atoms with Gasteiger partial charge in [0, 0.05) is 45.2 Å². The van der Waals surface area contributed by atoms with E-state index in [9.17, 15) is 14.7 Å². The Kier molecular flexibility index (Phi) is 28.1. The maximum Gasteiger partial charge on any atom is 0.316 e. The van der Waals surface area contributed by atoms with Crippen LogP contribution in [0, 0.1) is 17.8 Å². The van der Waals surface area contributed by atoms with E-state index in [0.29, 0.717) is 19.6 Å². The van der Waals surface area contributed by atoms with Crippen LogP contribution in [0.3, 0.4) is 0 Å². The molecule has 10 heteroatoms. The van der Waals surface area contributed by atoms with Crippen LogP contribution >= 0.6 is 0 Å². The second kappa shape index (κ2) is 26.5. The van der Waals surface area contributed by atoms with Gasteiger partial charge < -0.3 is 38.6 Å². The van der Waals surface area contributed by atoms with E-state index in [2.05, 4.69) is 23.3 Å². The molecule has 0 aromatic heterocycles. The van der Waals surface area contributed by atoms with Crippen LogP contribution in [0.2, 0.25) is 0 Å². The van der Waals surface area contributed by atoms with Gasteiger partial charge in [-0.3, -0.25) is 9.59 Å². The van der Waals surface area contributed by atoms with Crippen LogP contribution < -0.4 is 0 Å². The van der Waals surface area contributed by atoms with E-state index in [1.54, 1.807) is 20.1 Å². The molecule has 0 aliphatic carbocycles. The molecule has 0 bridgehead atoms. The number of methoxy groups -OCH3 is 1. The number of rotatable bonds is 19. The van der Waals surface area contributed by atoms with Crippen LogP contribution in [-0.2, 0) is 33.3 Å². The number of carbonyl (C=O) groups is 2. The molecule has 1 heterocycles. The van der Waals surface area contributed by atoms with E-state index in [1.807, 2.05) is 76.5 Å². The van der Waals surface area contributed by atoms with Crippen LogP contribution in [0.5, 0.6) is 0 Å². The Morgan fingerprint density at radius 2 is 1.57 bits per heavy atom. The normalized spacial score (nSPS) is 21.7. The van der Waals surface area contributed by atoms with Gasteiger partial charge in [0.1, 0.15) is 24.2 Å². The lowest BCUT2D eigenvalue weighted by molar-refractivity contribution is -0.264. The molecule has 1 fully saturated rings. The van der Waals surface area contributed by atoms with Gasteiger partial charge in [-0.25, -0.2) is 0 Å². The summed E-state index contributed by atoms with van der Waals surface area (Å²) in [5.74, 6) is -2.52.